The summed E-state index contributed by atoms with van der Waals surface area (Å²) in [5.41, 5.74) is 6.01. The van der Waals surface area contributed by atoms with Crippen molar-refractivity contribution in [3.8, 4) is 0 Å². The van der Waals surface area contributed by atoms with Gasteiger partial charge in [-0.25, -0.2) is 0 Å². The summed E-state index contributed by atoms with van der Waals surface area (Å²) >= 11 is 0. The van der Waals surface area contributed by atoms with Crippen molar-refractivity contribution in [2.75, 3.05) is 13.6 Å². The second kappa shape index (κ2) is 14.6. The first kappa shape index (κ1) is 30.9. The van der Waals surface area contributed by atoms with Gasteiger partial charge in [-0.2, -0.15) is 0 Å². The average Bonchev–Trinajstić information content (AvgIpc) is 2.90. The number of likely N-dealkylation sites (N-methyl/N-ethyl adjacent to an activating group) is 1. The topological polar surface area (TPSA) is 189 Å². The molecule has 0 spiro atoms. The maximum absolute atomic E-state index is 13.0. The second-order valence-corrected chi connectivity index (χ2v) is 9.26. The van der Waals surface area contributed by atoms with Gasteiger partial charge in [-0.3, -0.25) is 28.8 Å². The van der Waals surface area contributed by atoms with Crippen LogP contribution < -0.4 is 32.3 Å². The van der Waals surface area contributed by atoms with Gasteiger partial charge in [0.15, 0.2) is 5.78 Å². The minimum atomic E-state index is -1.29. The first-order valence-electron chi connectivity index (χ1n) is 12.5. The maximum Gasteiger partial charge on any atom is 0.243 e. The summed E-state index contributed by atoms with van der Waals surface area (Å²) in [5.74, 6) is -3.64. The van der Waals surface area contributed by atoms with Crippen molar-refractivity contribution in [1.29, 1.82) is 0 Å². The Morgan fingerprint density at radius 2 is 1.46 bits per heavy atom. The van der Waals surface area contributed by atoms with Crippen molar-refractivity contribution in [3.05, 3.63) is 48.0 Å². The van der Waals surface area contributed by atoms with Crippen LogP contribution in [0, 0.1) is 0 Å². The molecule has 0 radical (unpaired) electrons. The van der Waals surface area contributed by atoms with Crippen molar-refractivity contribution in [2.45, 2.75) is 57.8 Å². The number of Topliss-reactive ketones (excluding diaryl/α,β-unsaturated/α-hetero) is 1. The molecule has 0 heterocycles. The first-order valence-corrected chi connectivity index (χ1v) is 12.5. The normalized spacial score (nSPS) is 13.8. The molecule has 0 aliphatic heterocycles. The molecule has 2 rings (SSSR count). The summed E-state index contributed by atoms with van der Waals surface area (Å²) in [4.78, 5) is 73.8. The molecule has 3 unspecified atom stereocenters. The zero-order chi connectivity index (χ0) is 29.1. The SMILES string of the molecule is CNC(C)C(=O)N[C@@H](CC(N)=O)C(=O)NCC(=O)NC(Cc1cccc2ccccc12)C(=O)NC(C)C(C)=O. The van der Waals surface area contributed by atoms with Crippen LogP contribution in [0.3, 0.4) is 0 Å². The Balaban J connectivity index is 2.15. The smallest absolute Gasteiger partial charge is 0.243 e. The molecule has 210 valence electrons. The van der Waals surface area contributed by atoms with Crippen molar-refractivity contribution >= 4 is 46.1 Å². The summed E-state index contributed by atoms with van der Waals surface area (Å²) in [5, 5.41) is 14.6. The van der Waals surface area contributed by atoms with E-state index in [2.05, 4.69) is 26.6 Å². The zero-order valence-electron chi connectivity index (χ0n) is 22.5. The van der Waals surface area contributed by atoms with Crippen LogP contribution in [0.25, 0.3) is 10.8 Å². The van der Waals surface area contributed by atoms with Crippen LogP contribution in [0.4, 0.5) is 0 Å². The van der Waals surface area contributed by atoms with Crippen molar-refractivity contribution in [1.82, 2.24) is 26.6 Å². The molecule has 5 amide bonds. The third kappa shape index (κ3) is 9.49. The molecule has 12 nitrogen and oxygen atoms in total. The molecular formula is C27H36N6O6. The number of ketones is 1. The fourth-order valence-corrected chi connectivity index (χ4v) is 3.69. The molecule has 12 heteroatoms. The van der Waals surface area contributed by atoms with E-state index >= 15 is 0 Å². The number of carbonyl (C=O) groups is 6. The standard InChI is InChI=1S/C27H36N6O6/c1-15(17(3)34)31-27(39)21(12-19-10-7-9-18-8-5-6-11-20(18)19)32-24(36)14-30-26(38)22(13-23(28)35)33-25(37)16(2)29-4/h5-11,15-16,21-22,29H,12-14H2,1-4H3,(H2,28,35)(H,30,38)(H,31,39)(H,32,36)(H,33,37)/t15?,16?,21?,22-/m0/s1. The van der Waals surface area contributed by atoms with Gasteiger partial charge < -0.3 is 32.3 Å². The zero-order valence-corrected chi connectivity index (χ0v) is 22.5. The van der Waals surface area contributed by atoms with Gasteiger partial charge in [0.2, 0.25) is 29.5 Å². The third-order valence-electron chi connectivity index (χ3n) is 6.21. The lowest BCUT2D eigenvalue weighted by molar-refractivity contribution is -0.133. The molecule has 0 fully saturated rings. The van der Waals surface area contributed by atoms with E-state index in [4.69, 9.17) is 5.73 Å². The van der Waals surface area contributed by atoms with Gasteiger partial charge in [0.1, 0.15) is 12.1 Å². The van der Waals surface area contributed by atoms with Crippen LogP contribution in [0.2, 0.25) is 0 Å². The van der Waals surface area contributed by atoms with Crippen molar-refractivity contribution in [2.24, 2.45) is 5.73 Å². The summed E-state index contributed by atoms with van der Waals surface area (Å²) in [6.07, 6.45) is -0.343. The summed E-state index contributed by atoms with van der Waals surface area (Å²) in [6, 6.07) is 9.46. The predicted molar refractivity (Wildman–Crippen MR) is 145 cm³/mol. The Morgan fingerprint density at radius 1 is 0.795 bits per heavy atom. The number of amides is 5. The molecule has 39 heavy (non-hydrogen) atoms. The molecule has 2 aromatic carbocycles. The summed E-state index contributed by atoms with van der Waals surface area (Å²) in [7, 11) is 1.56. The van der Waals surface area contributed by atoms with E-state index in [0.29, 0.717) is 0 Å². The molecule has 0 saturated heterocycles. The Morgan fingerprint density at radius 3 is 2.10 bits per heavy atom. The lowest BCUT2D eigenvalue weighted by Crippen LogP contribution is -2.55. The van der Waals surface area contributed by atoms with E-state index in [0.717, 1.165) is 16.3 Å². The van der Waals surface area contributed by atoms with Gasteiger partial charge in [-0.15, -0.1) is 0 Å². The third-order valence-corrected chi connectivity index (χ3v) is 6.21. The van der Waals surface area contributed by atoms with E-state index in [1.807, 2.05) is 42.5 Å². The van der Waals surface area contributed by atoms with Crippen LogP contribution >= 0.6 is 0 Å². The number of carbonyl (C=O) groups excluding carboxylic acids is 6. The highest BCUT2D eigenvalue weighted by Crippen LogP contribution is 2.20. The van der Waals surface area contributed by atoms with Gasteiger partial charge in [-0.05, 0) is 44.2 Å². The van der Waals surface area contributed by atoms with Crippen molar-refractivity contribution < 1.29 is 28.8 Å². The Kier molecular flexibility index (Phi) is 11.5. The maximum atomic E-state index is 13.0. The molecule has 0 aromatic heterocycles. The summed E-state index contributed by atoms with van der Waals surface area (Å²) < 4.78 is 0. The van der Waals surface area contributed by atoms with E-state index < -0.39 is 66.7 Å². The lowest BCUT2D eigenvalue weighted by Gasteiger charge is -2.22. The van der Waals surface area contributed by atoms with E-state index in [1.54, 1.807) is 20.9 Å². The Hall–Kier alpha value is -4.32. The van der Waals surface area contributed by atoms with Crippen LogP contribution in [0.5, 0.6) is 0 Å². The molecule has 0 aliphatic rings. The number of hydrogen-bond donors (Lipinski definition) is 6. The van der Waals surface area contributed by atoms with E-state index in [1.165, 1.54) is 6.92 Å². The number of nitrogens with two attached hydrogens (primary N) is 1. The lowest BCUT2D eigenvalue weighted by atomic mass is 9.98. The number of benzene rings is 2. The molecule has 0 aliphatic carbocycles. The van der Waals surface area contributed by atoms with E-state index in [-0.39, 0.29) is 12.2 Å². The Labute approximate surface area is 226 Å². The molecular weight excluding hydrogens is 504 g/mol. The number of hydrogen-bond acceptors (Lipinski definition) is 7. The van der Waals surface area contributed by atoms with Crippen LogP contribution in [-0.4, -0.2) is 73.1 Å². The highest BCUT2D eigenvalue weighted by molar-refractivity contribution is 5.96. The van der Waals surface area contributed by atoms with Crippen LogP contribution in [0.15, 0.2) is 42.5 Å². The molecule has 7 N–H and O–H groups in total. The van der Waals surface area contributed by atoms with Crippen LogP contribution in [0.1, 0.15) is 32.8 Å². The van der Waals surface area contributed by atoms with Gasteiger partial charge in [-0.1, -0.05) is 42.5 Å². The van der Waals surface area contributed by atoms with Gasteiger partial charge in [0, 0.05) is 6.42 Å². The highest BCUT2D eigenvalue weighted by atomic mass is 16.2. The quantitative estimate of drug-likeness (QED) is 0.178. The average molecular weight is 541 g/mol. The number of fused-ring (bicyclic) bond motifs is 1. The minimum Gasteiger partial charge on any atom is -0.370 e. The predicted octanol–water partition coefficient (Wildman–Crippen LogP) is -0.955. The number of rotatable bonds is 14. The molecule has 2 aromatic rings. The fourth-order valence-electron chi connectivity index (χ4n) is 3.69. The molecule has 0 bridgehead atoms. The summed E-state index contributed by atoms with van der Waals surface area (Å²) in [6.45, 7) is 3.92. The number of primary amides is 1. The van der Waals surface area contributed by atoms with Crippen molar-refractivity contribution in [3.63, 3.8) is 0 Å². The highest BCUT2D eigenvalue weighted by Gasteiger charge is 2.27. The van der Waals surface area contributed by atoms with Crippen LogP contribution in [-0.2, 0) is 35.2 Å². The largest absolute Gasteiger partial charge is 0.370 e. The van der Waals surface area contributed by atoms with Gasteiger partial charge >= 0.3 is 0 Å². The monoisotopic (exact) mass is 540 g/mol. The fraction of sp³-hybridized carbons (Fsp3) is 0.407. The Bertz CT molecular complexity index is 1230. The minimum absolute atomic E-state index is 0.125. The number of nitrogens with one attached hydrogen (secondary N) is 5. The van der Waals surface area contributed by atoms with E-state index in [9.17, 15) is 28.8 Å². The first-order chi connectivity index (χ1) is 18.4. The molecule has 0 saturated carbocycles. The molecule has 4 atom stereocenters. The second-order valence-electron chi connectivity index (χ2n) is 9.26. The van der Waals surface area contributed by atoms with Gasteiger partial charge in [0.25, 0.3) is 0 Å². The van der Waals surface area contributed by atoms with Gasteiger partial charge in [0.05, 0.1) is 25.0 Å².